The fourth-order valence-corrected chi connectivity index (χ4v) is 6.82. The van der Waals surface area contributed by atoms with Gasteiger partial charge in [-0.15, -0.1) is 0 Å². The monoisotopic (exact) mass is 552 g/mol. The molecule has 1 rings (SSSR count). The Kier molecular flexibility index (Phi) is 19.8. The smallest absolute Gasteiger partial charge is 0.490 e. The van der Waals surface area contributed by atoms with Crippen molar-refractivity contribution in [3.05, 3.63) is 29.8 Å². The van der Waals surface area contributed by atoms with Crippen LogP contribution >= 0.6 is 0 Å². The summed E-state index contributed by atoms with van der Waals surface area (Å²) < 4.78 is 34.7. The van der Waals surface area contributed by atoms with Crippen LogP contribution in [0.5, 0.6) is 11.5 Å². The number of carbonyl (C=O) groups excluding carboxylic acids is 1. The van der Waals surface area contributed by atoms with E-state index in [0.717, 1.165) is 61.6 Å². The van der Waals surface area contributed by atoms with Crippen LogP contribution in [-0.4, -0.2) is 54.9 Å². The van der Waals surface area contributed by atoms with Crippen LogP contribution in [0.25, 0.3) is 6.08 Å². The molecule has 38 heavy (non-hydrogen) atoms. The Bertz CT molecular complexity index is 752. The Morgan fingerprint density at radius 1 is 0.737 bits per heavy atom. The van der Waals surface area contributed by atoms with Crippen LogP contribution in [0.4, 0.5) is 0 Å². The lowest BCUT2D eigenvalue weighted by Crippen LogP contribution is -2.45. The summed E-state index contributed by atoms with van der Waals surface area (Å²) in [4.78, 5) is 11.4. The molecule has 0 amide bonds. The minimum absolute atomic E-state index is 0.383. The molecular formula is C30H52O7Si. The number of ether oxygens (including phenoxy) is 3. The Balaban J connectivity index is 2.45. The molecule has 1 aromatic rings. The Labute approximate surface area is 232 Å². The number of methoxy groups -OCH3 is 1. The lowest BCUT2D eigenvalue weighted by molar-refractivity contribution is -0.134. The molecule has 0 N–H and O–H groups in total. The largest absolute Gasteiger partial charge is 0.500 e. The molecule has 0 heterocycles. The predicted molar refractivity (Wildman–Crippen MR) is 156 cm³/mol. The Hall–Kier alpha value is -1.87. The van der Waals surface area contributed by atoms with E-state index in [1.807, 2.05) is 39.0 Å². The van der Waals surface area contributed by atoms with Crippen LogP contribution in [0, 0.1) is 0 Å². The van der Waals surface area contributed by atoms with E-state index in [0.29, 0.717) is 33.0 Å². The molecule has 0 aliphatic rings. The van der Waals surface area contributed by atoms with Crippen molar-refractivity contribution in [1.82, 2.24) is 0 Å². The van der Waals surface area contributed by atoms with Gasteiger partial charge in [-0.3, -0.25) is 0 Å². The van der Waals surface area contributed by atoms with Crippen LogP contribution in [-0.2, 0) is 22.8 Å². The molecular weight excluding hydrogens is 500 g/mol. The molecule has 0 bridgehead atoms. The maximum Gasteiger partial charge on any atom is 0.500 e. The molecule has 1 aromatic carbocycles. The van der Waals surface area contributed by atoms with Gasteiger partial charge in [0, 0.05) is 31.9 Å². The third-order valence-corrected chi connectivity index (χ3v) is 9.22. The van der Waals surface area contributed by atoms with Crippen LogP contribution in [0.3, 0.4) is 0 Å². The summed E-state index contributed by atoms with van der Waals surface area (Å²) in [6.07, 6.45) is 14.4. The lowest BCUT2D eigenvalue weighted by atomic mass is 10.1. The van der Waals surface area contributed by atoms with Gasteiger partial charge >= 0.3 is 14.8 Å². The van der Waals surface area contributed by atoms with Gasteiger partial charge in [0.05, 0.1) is 20.3 Å². The van der Waals surface area contributed by atoms with Crippen molar-refractivity contribution in [2.45, 2.75) is 97.9 Å². The number of hydrogen-bond donors (Lipinski definition) is 0. The zero-order chi connectivity index (χ0) is 27.9. The summed E-state index contributed by atoms with van der Waals surface area (Å²) in [6, 6.07) is 6.65. The summed E-state index contributed by atoms with van der Waals surface area (Å²) in [6.45, 7) is 11.4. The van der Waals surface area contributed by atoms with E-state index in [4.69, 9.17) is 22.8 Å². The van der Waals surface area contributed by atoms with Crippen molar-refractivity contribution >= 4 is 20.8 Å². The molecule has 0 spiro atoms. The fourth-order valence-electron chi connectivity index (χ4n) is 4.14. The standard InChI is InChI=1S/C30H52O7Si/c1-6-10-11-16-24-34-29-26-27(20-22-30(31)32-5)19-21-28(29)33-23-17-14-12-13-15-18-25-38(35-7-2,36-8-3)37-9-4/h19-22,26H,6-18,23-25H2,1-5H3/b22-20+. The molecule has 0 aromatic heterocycles. The molecule has 218 valence electrons. The topological polar surface area (TPSA) is 72.5 Å². The summed E-state index contributed by atoms with van der Waals surface area (Å²) in [5.41, 5.74) is 0.872. The second-order valence-electron chi connectivity index (χ2n) is 9.17. The second-order valence-corrected chi connectivity index (χ2v) is 11.9. The molecule has 0 aliphatic carbocycles. The normalized spacial score (nSPS) is 11.7. The van der Waals surface area contributed by atoms with Crippen molar-refractivity contribution in [3.63, 3.8) is 0 Å². The van der Waals surface area contributed by atoms with E-state index >= 15 is 0 Å². The molecule has 8 heteroatoms. The zero-order valence-electron chi connectivity index (χ0n) is 24.6. The Morgan fingerprint density at radius 2 is 1.29 bits per heavy atom. The van der Waals surface area contributed by atoms with Crippen molar-refractivity contribution in [3.8, 4) is 11.5 Å². The van der Waals surface area contributed by atoms with E-state index in [1.54, 1.807) is 6.08 Å². The van der Waals surface area contributed by atoms with E-state index in [2.05, 4.69) is 11.7 Å². The molecule has 0 radical (unpaired) electrons. The van der Waals surface area contributed by atoms with Gasteiger partial charge in [-0.1, -0.05) is 57.9 Å². The Morgan fingerprint density at radius 3 is 1.87 bits per heavy atom. The van der Waals surface area contributed by atoms with Crippen molar-refractivity contribution in [2.24, 2.45) is 0 Å². The second kappa shape index (κ2) is 22.0. The van der Waals surface area contributed by atoms with Gasteiger partial charge in [-0.2, -0.15) is 0 Å². The van der Waals surface area contributed by atoms with E-state index in [-0.39, 0.29) is 5.97 Å². The maximum atomic E-state index is 11.4. The fraction of sp³-hybridized carbons (Fsp3) is 0.700. The highest BCUT2D eigenvalue weighted by Gasteiger charge is 2.39. The number of unbranched alkanes of at least 4 members (excludes halogenated alkanes) is 8. The first kappa shape index (κ1) is 34.2. The molecule has 0 unspecified atom stereocenters. The first-order valence-corrected chi connectivity index (χ1v) is 16.5. The quantitative estimate of drug-likeness (QED) is 0.0566. The van der Waals surface area contributed by atoms with Crippen LogP contribution in [0.15, 0.2) is 24.3 Å². The number of hydrogen-bond acceptors (Lipinski definition) is 7. The zero-order valence-corrected chi connectivity index (χ0v) is 25.6. The SMILES string of the molecule is CCCCCCOc1cc(/C=C/C(=O)OC)ccc1OCCCCCCCC[Si](OCC)(OCC)OCC. The number of esters is 1. The number of carbonyl (C=O) groups is 1. The van der Waals surface area contributed by atoms with Gasteiger partial charge < -0.3 is 27.5 Å². The molecule has 0 atom stereocenters. The molecule has 0 fully saturated rings. The van der Waals surface area contributed by atoms with E-state index in [1.165, 1.54) is 38.9 Å². The maximum absolute atomic E-state index is 11.4. The highest BCUT2D eigenvalue weighted by molar-refractivity contribution is 6.60. The highest BCUT2D eigenvalue weighted by Crippen LogP contribution is 2.30. The van der Waals surface area contributed by atoms with Gasteiger partial charge in [0.2, 0.25) is 0 Å². The molecule has 7 nitrogen and oxygen atoms in total. The lowest BCUT2D eigenvalue weighted by Gasteiger charge is -2.28. The summed E-state index contributed by atoms with van der Waals surface area (Å²) >= 11 is 0. The van der Waals surface area contributed by atoms with E-state index < -0.39 is 8.80 Å². The highest BCUT2D eigenvalue weighted by atomic mass is 28.4. The summed E-state index contributed by atoms with van der Waals surface area (Å²) in [7, 11) is -1.14. The molecule has 0 saturated heterocycles. The summed E-state index contributed by atoms with van der Waals surface area (Å²) in [5.74, 6) is 1.09. The molecule has 0 saturated carbocycles. The van der Waals surface area contributed by atoms with Gasteiger partial charge in [0.25, 0.3) is 0 Å². The van der Waals surface area contributed by atoms with Crippen LogP contribution in [0.2, 0.25) is 6.04 Å². The minimum Gasteiger partial charge on any atom is -0.490 e. The van der Waals surface area contributed by atoms with Crippen LogP contribution < -0.4 is 9.47 Å². The van der Waals surface area contributed by atoms with Crippen molar-refractivity contribution < 1.29 is 32.3 Å². The summed E-state index contributed by atoms with van der Waals surface area (Å²) in [5, 5.41) is 0. The van der Waals surface area contributed by atoms with Crippen molar-refractivity contribution in [1.29, 1.82) is 0 Å². The average molecular weight is 553 g/mol. The van der Waals surface area contributed by atoms with Gasteiger partial charge in [-0.05, 0) is 63.8 Å². The van der Waals surface area contributed by atoms with Crippen molar-refractivity contribution in [2.75, 3.05) is 40.1 Å². The van der Waals surface area contributed by atoms with Gasteiger partial charge in [0.15, 0.2) is 11.5 Å². The number of rotatable bonds is 24. The van der Waals surface area contributed by atoms with Crippen LogP contribution in [0.1, 0.15) is 97.5 Å². The van der Waals surface area contributed by atoms with Gasteiger partial charge in [0.1, 0.15) is 0 Å². The predicted octanol–water partition coefficient (Wildman–Crippen LogP) is 7.60. The van der Waals surface area contributed by atoms with Gasteiger partial charge in [-0.25, -0.2) is 4.79 Å². The third-order valence-electron chi connectivity index (χ3n) is 6.06. The van der Waals surface area contributed by atoms with E-state index in [9.17, 15) is 4.79 Å². The first-order chi connectivity index (χ1) is 18.5. The third kappa shape index (κ3) is 14.9. The minimum atomic E-state index is -2.51. The average Bonchev–Trinajstić information content (AvgIpc) is 2.91. The molecule has 0 aliphatic heterocycles. The number of benzene rings is 1. The first-order valence-electron chi connectivity index (χ1n) is 14.6.